The van der Waals surface area contributed by atoms with Gasteiger partial charge >= 0.3 is 6.61 Å². The summed E-state index contributed by atoms with van der Waals surface area (Å²) in [4.78, 5) is 18.4. The molecule has 0 atom stereocenters. The number of alkyl halides is 2. The molecule has 0 bridgehead atoms. The Hall–Kier alpha value is -2.40. The number of thioether (sulfide) groups is 1. The van der Waals surface area contributed by atoms with Gasteiger partial charge in [-0.25, -0.2) is 4.98 Å². The number of nitrogens with one attached hydrogen (secondary N) is 1. The molecule has 1 aromatic carbocycles. The number of nitriles is 1. The molecular weight excluding hydrogens is 300 g/mol. The van der Waals surface area contributed by atoms with Gasteiger partial charge in [0.25, 0.3) is 5.56 Å². The fraction of sp³-hybridized carbons (Fsp3) is 0.154. The van der Waals surface area contributed by atoms with E-state index in [0.717, 1.165) is 0 Å². The minimum atomic E-state index is -2.95. The molecular formula is C13H9F2N3O2S. The molecule has 0 saturated carbocycles. The van der Waals surface area contributed by atoms with Crippen LogP contribution in [0.25, 0.3) is 11.3 Å². The van der Waals surface area contributed by atoms with Crippen LogP contribution in [0.2, 0.25) is 0 Å². The van der Waals surface area contributed by atoms with Crippen molar-refractivity contribution < 1.29 is 13.5 Å². The number of benzene rings is 1. The maximum absolute atomic E-state index is 12.2. The van der Waals surface area contributed by atoms with E-state index in [1.165, 1.54) is 30.0 Å². The lowest BCUT2D eigenvalue weighted by atomic mass is 10.1. The number of rotatable bonds is 4. The maximum Gasteiger partial charge on any atom is 0.387 e. The van der Waals surface area contributed by atoms with Gasteiger partial charge in [0.05, 0.1) is 5.69 Å². The summed E-state index contributed by atoms with van der Waals surface area (Å²) in [6, 6.07) is 7.47. The Bertz CT molecular complexity index is 756. The van der Waals surface area contributed by atoms with Crippen molar-refractivity contribution in [1.82, 2.24) is 9.97 Å². The smallest absolute Gasteiger partial charge is 0.387 e. The van der Waals surface area contributed by atoms with E-state index in [1.807, 2.05) is 0 Å². The molecule has 2 rings (SSSR count). The summed E-state index contributed by atoms with van der Waals surface area (Å²) < 4.78 is 28.8. The van der Waals surface area contributed by atoms with Crippen LogP contribution in [0, 0.1) is 11.3 Å². The van der Waals surface area contributed by atoms with E-state index in [1.54, 1.807) is 18.4 Å². The minimum absolute atomic E-state index is 0.0702. The summed E-state index contributed by atoms with van der Waals surface area (Å²) in [6.45, 7) is -2.95. The quantitative estimate of drug-likeness (QED) is 0.694. The molecule has 8 heteroatoms. The van der Waals surface area contributed by atoms with Crippen molar-refractivity contribution in [3.05, 3.63) is 40.2 Å². The Morgan fingerprint density at radius 3 is 2.86 bits per heavy atom. The zero-order chi connectivity index (χ0) is 15.4. The lowest BCUT2D eigenvalue weighted by molar-refractivity contribution is -0.0498. The van der Waals surface area contributed by atoms with Gasteiger partial charge in [0.15, 0.2) is 5.16 Å². The van der Waals surface area contributed by atoms with Crippen LogP contribution in [0.4, 0.5) is 8.78 Å². The van der Waals surface area contributed by atoms with Crippen molar-refractivity contribution in [2.45, 2.75) is 11.8 Å². The van der Waals surface area contributed by atoms with Crippen molar-refractivity contribution in [2.24, 2.45) is 0 Å². The third-order valence-electron chi connectivity index (χ3n) is 2.54. The van der Waals surface area contributed by atoms with Gasteiger partial charge in [-0.2, -0.15) is 14.0 Å². The van der Waals surface area contributed by atoms with Crippen molar-refractivity contribution in [3.63, 3.8) is 0 Å². The van der Waals surface area contributed by atoms with Gasteiger partial charge in [-0.15, -0.1) is 0 Å². The SMILES string of the molecule is CSc1nc(-c2cccc(OC(F)F)c2)c(C#N)c(=O)[nH]1. The first-order chi connectivity index (χ1) is 10.0. The summed E-state index contributed by atoms with van der Waals surface area (Å²) in [6.07, 6.45) is 1.71. The Labute approximate surface area is 122 Å². The van der Waals surface area contributed by atoms with Gasteiger partial charge in [-0.05, 0) is 18.4 Å². The third kappa shape index (κ3) is 3.38. The van der Waals surface area contributed by atoms with Crippen molar-refractivity contribution in [2.75, 3.05) is 6.26 Å². The summed E-state index contributed by atoms with van der Waals surface area (Å²) in [5.41, 5.74) is -0.273. The van der Waals surface area contributed by atoms with Gasteiger partial charge in [-0.3, -0.25) is 4.79 Å². The average Bonchev–Trinajstić information content (AvgIpc) is 2.46. The highest BCUT2D eigenvalue weighted by Gasteiger charge is 2.14. The van der Waals surface area contributed by atoms with E-state index < -0.39 is 12.2 Å². The van der Waals surface area contributed by atoms with Crippen LogP contribution in [-0.2, 0) is 0 Å². The molecule has 2 aromatic rings. The molecule has 0 aliphatic heterocycles. The molecule has 0 aliphatic rings. The molecule has 1 heterocycles. The summed E-state index contributed by atoms with van der Waals surface area (Å²) in [5, 5.41) is 9.40. The number of halogens is 2. The fourth-order valence-electron chi connectivity index (χ4n) is 1.68. The van der Waals surface area contributed by atoms with E-state index in [4.69, 9.17) is 5.26 Å². The maximum atomic E-state index is 12.2. The van der Waals surface area contributed by atoms with Crippen LogP contribution in [-0.4, -0.2) is 22.8 Å². The van der Waals surface area contributed by atoms with Crippen molar-refractivity contribution >= 4 is 11.8 Å². The van der Waals surface area contributed by atoms with E-state index in [2.05, 4.69) is 14.7 Å². The fourth-order valence-corrected chi connectivity index (χ4v) is 2.06. The third-order valence-corrected chi connectivity index (χ3v) is 3.12. The minimum Gasteiger partial charge on any atom is -0.435 e. The Morgan fingerprint density at radius 1 is 1.48 bits per heavy atom. The number of hydrogen-bond donors (Lipinski definition) is 1. The van der Waals surface area contributed by atoms with Crippen LogP contribution in [0.1, 0.15) is 5.56 Å². The van der Waals surface area contributed by atoms with E-state index in [9.17, 15) is 13.6 Å². The van der Waals surface area contributed by atoms with E-state index >= 15 is 0 Å². The second-order valence-electron chi connectivity index (χ2n) is 3.82. The van der Waals surface area contributed by atoms with Crippen LogP contribution in [0.3, 0.4) is 0 Å². The van der Waals surface area contributed by atoms with Crippen LogP contribution in [0.5, 0.6) is 5.75 Å². The Balaban J connectivity index is 2.58. The number of nitrogens with zero attached hydrogens (tertiary/aromatic N) is 2. The molecule has 0 unspecified atom stereocenters. The lowest BCUT2D eigenvalue weighted by Gasteiger charge is -2.08. The molecule has 0 saturated heterocycles. The molecule has 1 N–H and O–H groups in total. The first kappa shape index (κ1) is 15.0. The van der Waals surface area contributed by atoms with Gasteiger partial charge in [0.2, 0.25) is 0 Å². The van der Waals surface area contributed by atoms with E-state index in [0.29, 0.717) is 10.7 Å². The molecule has 0 fully saturated rings. The first-order valence-corrected chi connectivity index (χ1v) is 6.91. The number of aromatic nitrogens is 2. The molecule has 0 aliphatic carbocycles. The normalized spacial score (nSPS) is 10.4. The Morgan fingerprint density at radius 2 is 2.24 bits per heavy atom. The lowest BCUT2D eigenvalue weighted by Crippen LogP contribution is -2.14. The standard InChI is InChI=1S/C13H9F2N3O2S/c1-21-13-17-10(9(6-16)11(19)18-13)7-3-2-4-8(5-7)20-12(14)15/h2-5,12H,1H3,(H,17,18,19). The summed E-state index contributed by atoms with van der Waals surface area (Å²) in [7, 11) is 0. The highest BCUT2D eigenvalue weighted by atomic mass is 32.2. The van der Waals surface area contributed by atoms with Crippen LogP contribution in [0.15, 0.2) is 34.2 Å². The van der Waals surface area contributed by atoms with Gasteiger partial charge in [0.1, 0.15) is 17.4 Å². The molecule has 1 aromatic heterocycles. The summed E-state index contributed by atoms with van der Waals surface area (Å²) >= 11 is 1.20. The number of ether oxygens (including phenoxy) is 1. The molecule has 0 radical (unpaired) electrons. The molecule has 0 spiro atoms. The number of hydrogen-bond acceptors (Lipinski definition) is 5. The topological polar surface area (TPSA) is 78.8 Å². The zero-order valence-electron chi connectivity index (χ0n) is 10.8. The largest absolute Gasteiger partial charge is 0.435 e. The Kier molecular flexibility index (Phi) is 4.55. The average molecular weight is 309 g/mol. The predicted molar refractivity (Wildman–Crippen MR) is 73.4 cm³/mol. The zero-order valence-corrected chi connectivity index (χ0v) is 11.6. The predicted octanol–water partition coefficient (Wildman–Crippen LogP) is 2.63. The molecule has 5 nitrogen and oxygen atoms in total. The number of aromatic amines is 1. The molecule has 108 valence electrons. The first-order valence-electron chi connectivity index (χ1n) is 5.68. The van der Waals surface area contributed by atoms with Crippen molar-refractivity contribution in [1.29, 1.82) is 5.26 Å². The van der Waals surface area contributed by atoms with Crippen LogP contribution >= 0.6 is 11.8 Å². The monoisotopic (exact) mass is 309 g/mol. The van der Waals surface area contributed by atoms with Gasteiger partial charge in [-0.1, -0.05) is 23.9 Å². The number of H-pyrrole nitrogens is 1. The summed E-state index contributed by atoms with van der Waals surface area (Å²) in [5.74, 6) is -0.0702. The highest BCUT2D eigenvalue weighted by molar-refractivity contribution is 7.98. The van der Waals surface area contributed by atoms with E-state index in [-0.39, 0.29) is 17.0 Å². The van der Waals surface area contributed by atoms with Gasteiger partial charge in [0, 0.05) is 5.56 Å². The molecule has 21 heavy (non-hydrogen) atoms. The highest BCUT2D eigenvalue weighted by Crippen LogP contribution is 2.25. The molecule has 0 amide bonds. The second-order valence-corrected chi connectivity index (χ2v) is 4.61. The van der Waals surface area contributed by atoms with Crippen LogP contribution < -0.4 is 10.3 Å². The second kappa shape index (κ2) is 6.37. The van der Waals surface area contributed by atoms with Gasteiger partial charge < -0.3 is 9.72 Å². The van der Waals surface area contributed by atoms with Crippen molar-refractivity contribution in [3.8, 4) is 23.1 Å².